The Kier molecular flexibility index (Phi) is 3.33. The second kappa shape index (κ2) is 4.93. The number of hydrogen-bond acceptors (Lipinski definition) is 5. The summed E-state index contributed by atoms with van der Waals surface area (Å²) in [6.07, 6.45) is 0. The third-order valence-electron chi connectivity index (χ3n) is 2.70. The van der Waals surface area contributed by atoms with Crippen molar-refractivity contribution in [1.82, 2.24) is 0 Å². The zero-order valence-corrected chi connectivity index (χ0v) is 10.4. The van der Waals surface area contributed by atoms with Crippen LogP contribution in [-0.4, -0.2) is 32.1 Å². The molecule has 1 amide bonds. The predicted molar refractivity (Wildman–Crippen MR) is 66.0 cm³/mol. The molecule has 1 aliphatic rings. The van der Waals surface area contributed by atoms with Gasteiger partial charge >= 0.3 is 11.9 Å². The van der Waals surface area contributed by atoms with Gasteiger partial charge in [0.2, 0.25) is 0 Å². The van der Waals surface area contributed by atoms with Crippen molar-refractivity contribution in [3.63, 3.8) is 0 Å². The van der Waals surface area contributed by atoms with E-state index in [9.17, 15) is 14.4 Å². The number of esters is 2. The molecule has 0 saturated carbocycles. The Morgan fingerprint density at radius 3 is 2.21 bits per heavy atom. The smallest absolute Gasteiger partial charge is 0.346 e. The third kappa shape index (κ3) is 2.08. The number of fused-ring (bicyclic) bond motifs is 1. The summed E-state index contributed by atoms with van der Waals surface area (Å²) in [6.45, 7) is 0. The van der Waals surface area contributed by atoms with Crippen molar-refractivity contribution in [1.29, 1.82) is 0 Å². The average molecular weight is 261 g/mol. The summed E-state index contributed by atoms with van der Waals surface area (Å²) in [5.74, 6) is -2.35. The van der Waals surface area contributed by atoms with E-state index < -0.39 is 23.4 Å². The lowest BCUT2D eigenvalue weighted by atomic mass is 10.0. The van der Waals surface area contributed by atoms with Crippen LogP contribution in [0.3, 0.4) is 0 Å². The fourth-order valence-corrected chi connectivity index (χ4v) is 1.86. The van der Waals surface area contributed by atoms with Gasteiger partial charge in [-0.15, -0.1) is 0 Å². The molecule has 1 heterocycles. The van der Waals surface area contributed by atoms with E-state index >= 15 is 0 Å². The Morgan fingerprint density at radius 2 is 1.63 bits per heavy atom. The molecular weight excluding hydrogens is 250 g/mol. The van der Waals surface area contributed by atoms with Gasteiger partial charge in [0.15, 0.2) is 5.57 Å². The molecule has 6 heteroatoms. The number of methoxy groups -OCH3 is 2. The van der Waals surface area contributed by atoms with Gasteiger partial charge in [-0.2, -0.15) is 0 Å². The van der Waals surface area contributed by atoms with Gasteiger partial charge in [0, 0.05) is 11.3 Å². The highest BCUT2D eigenvalue weighted by atomic mass is 16.5. The van der Waals surface area contributed by atoms with Crippen molar-refractivity contribution in [2.45, 2.75) is 0 Å². The van der Waals surface area contributed by atoms with Crippen molar-refractivity contribution in [3.05, 3.63) is 35.4 Å². The van der Waals surface area contributed by atoms with Gasteiger partial charge in [0.1, 0.15) is 0 Å². The highest BCUT2D eigenvalue weighted by Gasteiger charge is 2.34. The lowest BCUT2D eigenvalue weighted by Gasteiger charge is -2.06. The Morgan fingerprint density at radius 1 is 1.05 bits per heavy atom. The summed E-state index contributed by atoms with van der Waals surface area (Å²) >= 11 is 0. The first-order chi connectivity index (χ1) is 9.10. The maximum absolute atomic E-state index is 11.9. The SMILES string of the molecule is COC(=O)C(C(=O)OC)=C1C(=O)Nc2ccccc21. The van der Waals surface area contributed by atoms with E-state index in [1.54, 1.807) is 24.3 Å². The van der Waals surface area contributed by atoms with Crippen LogP contribution in [0.25, 0.3) is 5.57 Å². The second-order valence-corrected chi connectivity index (χ2v) is 3.73. The number of para-hydroxylation sites is 1. The molecule has 1 aromatic carbocycles. The summed E-state index contributed by atoms with van der Waals surface area (Å²) in [4.78, 5) is 35.3. The normalized spacial score (nSPS) is 12.5. The van der Waals surface area contributed by atoms with Crippen LogP contribution in [0.4, 0.5) is 5.69 Å². The maximum Gasteiger partial charge on any atom is 0.346 e. The fourth-order valence-electron chi connectivity index (χ4n) is 1.86. The molecule has 0 unspecified atom stereocenters. The molecule has 6 nitrogen and oxygen atoms in total. The minimum absolute atomic E-state index is 0.0331. The van der Waals surface area contributed by atoms with Crippen LogP contribution in [-0.2, 0) is 23.9 Å². The molecule has 0 atom stereocenters. The van der Waals surface area contributed by atoms with Crippen LogP contribution in [0, 0.1) is 0 Å². The van der Waals surface area contributed by atoms with Crippen LogP contribution in [0.1, 0.15) is 5.56 Å². The van der Waals surface area contributed by atoms with Crippen LogP contribution in [0.5, 0.6) is 0 Å². The Labute approximate surface area is 109 Å². The lowest BCUT2D eigenvalue weighted by molar-refractivity contribution is -0.144. The highest BCUT2D eigenvalue weighted by Crippen LogP contribution is 2.34. The van der Waals surface area contributed by atoms with E-state index in [-0.39, 0.29) is 5.57 Å². The van der Waals surface area contributed by atoms with E-state index in [1.165, 1.54) is 0 Å². The van der Waals surface area contributed by atoms with Crippen LogP contribution in [0.15, 0.2) is 29.8 Å². The fraction of sp³-hybridized carbons (Fsp3) is 0.154. The summed E-state index contributed by atoms with van der Waals surface area (Å²) in [7, 11) is 2.26. The van der Waals surface area contributed by atoms with E-state index in [2.05, 4.69) is 14.8 Å². The molecule has 98 valence electrons. The van der Waals surface area contributed by atoms with E-state index in [1.807, 2.05) is 0 Å². The molecule has 2 rings (SSSR count). The summed E-state index contributed by atoms with van der Waals surface area (Å²) in [6, 6.07) is 6.74. The molecule has 1 N–H and O–H groups in total. The maximum atomic E-state index is 11.9. The number of nitrogens with one attached hydrogen (secondary N) is 1. The number of amides is 1. The number of hydrogen-bond donors (Lipinski definition) is 1. The molecular formula is C13H11NO5. The van der Waals surface area contributed by atoms with Gasteiger partial charge in [-0.25, -0.2) is 9.59 Å². The van der Waals surface area contributed by atoms with Crippen molar-refractivity contribution in [2.75, 3.05) is 19.5 Å². The zero-order chi connectivity index (χ0) is 14.0. The largest absolute Gasteiger partial charge is 0.465 e. The first kappa shape index (κ1) is 12.8. The van der Waals surface area contributed by atoms with E-state index in [4.69, 9.17) is 0 Å². The first-order valence-corrected chi connectivity index (χ1v) is 5.41. The molecule has 0 fully saturated rings. The predicted octanol–water partition coefficient (Wildman–Crippen LogP) is 0.738. The molecule has 0 aromatic heterocycles. The number of carbonyl (C=O) groups is 3. The van der Waals surface area contributed by atoms with Crippen LogP contribution < -0.4 is 5.32 Å². The third-order valence-corrected chi connectivity index (χ3v) is 2.70. The topological polar surface area (TPSA) is 81.7 Å². The second-order valence-electron chi connectivity index (χ2n) is 3.73. The van der Waals surface area contributed by atoms with Gasteiger partial charge in [0.05, 0.1) is 19.8 Å². The average Bonchev–Trinajstić information content (AvgIpc) is 2.75. The van der Waals surface area contributed by atoms with Crippen molar-refractivity contribution < 1.29 is 23.9 Å². The quantitative estimate of drug-likeness (QED) is 0.367. The number of rotatable bonds is 2. The minimum Gasteiger partial charge on any atom is -0.465 e. The molecule has 1 aliphatic heterocycles. The Hall–Kier alpha value is -2.63. The zero-order valence-electron chi connectivity index (χ0n) is 10.4. The molecule has 0 radical (unpaired) electrons. The highest BCUT2D eigenvalue weighted by molar-refractivity contribution is 6.40. The van der Waals surface area contributed by atoms with Crippen molar-refractivity contribution in [2.24, 2.45) is 0 Å². The van der Waals surface area contributed by atoms with Gasteiger partial charge in [-0.05, 0) is 6.07 Å². The molecule has 19 heavy (non-hydrogen) atoms. The van der Waals surface area contributed by atoms with E-state index in [0.29, 0.717) is 11.3 Å². The number of anilines is 1. The lowest BCUT2D eigenvalue weighted by Crippen LogP contribution is -2.20. The summed E-state index contributed by atoms with van der Waals surface area (Å²) < 4.78 is 9.07. The number of benzene rings is 1. The minimum atomic E-state index is -0.909. The van der Waals surface area contributed by atoms with Crippen LogP contribution >= 0.6 is 0 Å². The number of carbonyl (C=O) groups excluding carboxylic acids is 3. The Balaban J connectivity index is 2.69. The molecule has 1 aromatic rings. The van der Waals surface area contributed by atoms with Crippen molar-refractivity contribution >= 4 is 29.1 Å². The van der Waals surface area contributed by atoms with Gasteiger partial charge in [-0.3, -0.25) is 4.79 Å². The first-order valence-electron chi connectivity index (χ1n) is 5.41. The number of ether oxygens (including phenoxy) is 2. The van der Waals surface area contributed by atoms with Gasteiger partial charge in [-0.1, -0.05) is 18.2 Å². The molecule has 0 aliphatic carbocycles. The van der Waals surface area contributed by atoms with E-state index in [0.717, 1.165) is 14.2 Å². The molecule has 0 saturated heterocycles. The monoisotopic (exact) mass is 261 g/mol. The van der Waals surface area contributed by atoms with Gasteiger partial charge in [0.25, 0.3) is 5.91 Å². The van der Waals surface area contributed by atoms with Gasteiger partial charge < -0.3 is 14.8 Å². The van der Waals surface area contributed by atoms with Crippen LogP contribution in [0.2, 0.25) is 0 Å². The standard InChI is InChI=1S/C13H11NO5/c1-18-12(16)10(13(17)19-2)9-7-5-3-4-6-8(7)14-11(9)15/h3-6H,1-2H3,(H,14,15). The summed E-state index contributed by atoms with van der Waals surface area (Å²) in [5, 5.41) is 2.57. The molecule has 0 bridgehead atoms. The summed E-state index contributed by atoms with van der Waals surface area (Å²) in [5.41, 5.74) is 0.563. The Bertz CT molecular complexity index is 585. The molecule has 0 spiro atoms. The van der Waals surface area contributed by atoms with Crippen molar-refractivity contribution in [3.8, 4) is 0 Å².